The van der Waals surface area contributed by atoms with Crippen molar-refractivity contribution < 1.29 is 18.8 Å². The van der Waals surface area contributed by atoms with Gasteiger partial charge < -0.3 is 4.74 Å². The van der Waals surface area contributed by atoms with Crippen LogP contribution in [0.4, 0.5) is 10.1 Å². The van der Waals surface area contributed by atoms with Crippen molar-refractivity contribution in [1.82, 2.24) is 5.01 Å². The zero-order chi connectivity index (χ0) is 17.3. The first-order valence-electron chi connectivity index (χ1n) is 7.01. The number of hydrazone groups is 1. The summed E-state index contributed by atoms with van der Waals surface area (Å²) in [5.74, 6) is -0.652. The monoisotopic (exact) mass is 329 g/mol. The highest BCUT2D eigenvalue weighted by Gasteiger charge is 2.33. The van der Waals surface area contributed by atoms with Crippen LogP contribution in [0.5, 0.6) is 0 Å². The van der Waals surface area contributed by atoms with E-state index in [4.69, 9.17) is 4.74 Å². The van der Waals surface area contributed by atoms with E-state index in [9.17, 15) is 19.3 Å². The van der Waals surface area contributed by atoms with Crippen LogP contribution in [0.3, 0.4) is 0 Å². The number of halogens is 1. The number of nitro groups is 1. The van der Waals surface area contributed by atoms with Crippen molar-refractivity contribution in [2.45, 2.75) is 13.2 Å². The minimum atomic E-state index is -0.914. The lowest BCUT2D eigenvalue weighted by molar-refractivity contribution is -0.385. The van der Waals surface area contributed by atoms with Gasteiger partial charge in [-0.3, -0.25) is 14.9 Å². The van der Waals surface area contributed by atoms with Gasteiger partial charge in [-0.25, -0.2) is 4.39 Å². The second kappa shape index (κ2) is 6.07. The highest BCUT2D eigenvalue weighted by Crippen LogP contribution is 2.31. The summed E-state index contributed by atoms with van der Waals surface area (Å²) in [4.78, 5) is 22.2. The van der Waals surface area contributed by atoms with E-state index in [-0.39, 0.29) is 17.5 Å². The van der Waals surface area contributed by atoms with Gasteiger partial charge in [0.05, 0.1) is 4.92 Å². The molecule has 122 valence electrons. The number of ether oxygens (including phenoxy) is 1. The first kappa shape index (κ1) is 15.6. The number of benzene rings is 2. The normalized spacial score (nSPS) is 16.5. The molecule has 1 aliphatic rings. The van der Waals surface area contributed by atoms with Crippen molar-refractivity contribution in [3.8, 4) is 0 Å². The van der Waals surface area contributed by atoms with Gasteiger partial charge in [0.1, 0.15) is 5.82 Å². The van der Waals surface area contributed by atoms with Crippen molar-refractivity contribution in [2.75, 3.05) is 0 Å². The predicted molar refractivity (Wildman–Crippen MR) is 82.4 cm³/mol. The largest absolute Gasteiger partial charge is 0.446 e. The Morgan fingerprint density at radius 1 is 1.29 bits per heavy atom. The van der Waals surface area contributed by atoms with Gasteiger partial charge in [0, 0.05) is 30.2 Å². The molecule has 0 spiro atoms. The molecule has 0 aliphatic carbocycles. The van der Waals surface area contributed by atoms with Crippen molar-refractivity contribution in [3.05, 3.63) is 75.6 Å². The number of hydrogen-bond donors (Lipinski definition) is 0. The fourth-order valence-electron chi connectivity index (χ4n) is 2.28. The van der Waals surface area contributed by atoms with Crippen molar-refractivity contribution in [2.24, 2.45) is 5.10 Å². The minimum Gasteiger partial charge on any atom is -0.446 e. The smallest absolute Gasteiger partial charge is 0.269 e. The van der Waals surface area contributed by atoms with E-state index in [0.29, 0.717) is 11.1 Å². The Labute approximate surface area is 136 Å². The zero-order valence-corrected chi connectivity index (χ0v) is 12.5. The van der Waals surface area contributed by atoms with Gasteiger partial charge in [0.25, 0.3) is 5.69 Å². The molecule has 1 aliphatic heterocycles. The second-order valence-electron chi connectivity index (χ2n) is 5.10. The number of non-ortho nitro benzene ring substituents is 1. The Morgan fingerprint density at radius 3 is 2.62 bits per heavy atom. The highest BCUT2D eigenvalue weighted by atomic mass is 19.1. The molecule has 2 aromatic carbocycles. The third-order valence-electron chi connectivity index (χ3n) is 3.42. The highest BCUT2D eigenvalue weighted by molar-refractivity contribution is 5.96. The van der Waals surface area contributed by atoms with Crippen molar-refractivity contribution >= 4 is 17.5 Å². The summed E-state index contributed by atoms with van der Waals surface area (Å²) in [5.41, 5.74) is 0.797. The lowest BCUT2D eigenvalue weighted by Crippen LogP contribution is -2.25. The van der Waals surface area contributed by atoms with Gasteiger partial charge in [0.15, 0.2) is 0 Å². The number of carbonyl (C=O) groups is 1. The van der Waals surface area contributed by atoms with Crippen LogP contribution >= 0.6 is 0 Å². The molecule has 0 unspecified atom stereocenters. The topological polar surface area (TPSA) is 85.0 Å². The van der Waals surface area contributed by atoms with E-state index in [1.165, 1.54) is 49.4 Å². The Bertz CT molecular complexity index is 835. The van der Waals surface area contributed by atoms with Crippen LogP contribution in [0.25, 0.3) is 0 Å². The summed E-state index contributed by atoms with van der Waals surface area (Å²) >= 11 is 0. The molecular formula is C16H12FN3O4. The summed E-state index contributed by atoms with van der Waals surface area (Å²) in [7, 11) is 0. The van der Waals surface area contributed by atoms with Crippen LogP contribution in [-0.2, 0) is 9.53 Å². The van der Waals surface area contributed by atoms with E-state index < -0.39 is 17.0 Å². The number of nitro benzene ring substituents is 1. The Balaban J connectivity index is 1.95. The number of hydrogen-bond acceptors (Lipinski definition) is 5. The number of amides is 1. The average Bonchev–Trinajstić information content (AvgIpc) is 3.01. The van der Waals surface area contributed by atoms with E-state index in [1.54, 1.807) is 6.07 Å². The molecule has 8 heteroatoms. The van der Waals surface area contributed by atoms with Crippen LogP contribution in [-0.4, -0.2) is 21.7 Å². The van der Waals surface area contributed by atoms with Gasteiger partial charge in [-0.05, 0) is 24.3 Å². The van der Waals surface area contributed by atoms with Gasteiger partial charge in [-0.2, -0.15) is 5.01 Å². The summed E-state index contributed by atoms with van der Waals surface area (Å²) in [6, 6.07) is 11.2. The number of rotatable bonds is 3. The Hall–Kier alpha value is -3.29. The van der Waals surface area contributed by atoms with Crippen LogP contribution < -0.4 is 0 Å². The third-order valence-corrected chi connectivity index (χ3v) is 3.42. The number of carbonyl (C=O) groups excluding carboxylic acids is 1. The summed E-state index contributed by atoms with van der Waals surface area (Å²) in [5, 5.41) is 16.1. The average molecular weight is 329 g/mol. The maximum Gasteiger partial charge on any atom is 0.269 e. The molecule has 2 aromatic rings. The van der Waals surface area contributed by atoms with Crippen LogP contribution in [0.15, 0.2) is 53.6 Å². The lowest BCUT2D eigenvalue weighted by Gasteiger charge is -2.19. The maximum atomic E-state index is 13.0. The standard InChI is InChI=1S/C16H12FN3O4/c1-10(21)19-16(12-3-2-4-14(9-12)20(22)23)24-15(18-19)11-5-7-13(17)8-6-11/h2-9,16H,1H3/t16-/m1/s1. The quantitative estimate of drug-likeness (QED) is 0.640. The fraction of sp³-hybridized carbons (Fsp3) is 0.125. The molecule has 1 atom stereocenters. The SMILES string of the molecule is CC(=O)N1N=C(c2ccc(F)cc2)O[C@@H]1c1cccc([N+](=O)[O-])c1. The maximum absolute atomic E-state index is 13.0. The predicted octanol–water partition coefficient (Wildman–Crippen LogP) is 2.97. The van der Waals surface area contributed by atoms with Gasteiger partial charge in [0.2, 0.25) is 18.0 Å². The van der Waals surface area contributed by atoms with Gasteiger partial charge >= 0.3 is 0 Å². The van der Waals surface area contributed by atoms with Crippen LogP contribution in [0, 0.1) is 15.9 Å². The molecule has 0 N–H and O–H groups in total. The minimum absolute atomic E-state index is 0.116. The molecule has 0 saturated heterocycles. The first-order chi connectivity index (χ1) is 11.5. The zero-order valence-electron chi connectivity index (χ0n) is 12.5. The first-order valence-corrected chi connectivity index (χ1v) is 7.01. The molecule has 7 nitrogen and oxygen atoms in total. The summed E-state index contributed by atoms with van der Waals surface area (Å²) < 4.78 is 18.7. The Kier molecular flexibility index (Phi) is 3.95. The van der Waals surface area contributed by atoms with Crippen LogP contribution in [0.2, 0.25) is 0 Å². The van der Waals surface area contributed by atoms with Gasteiger partial charge in [-0.15, -0.1) is 5.10 Å². The molecule has 0 aromatic heterocycles. The van der Waals surface area contributed by atoms with E-state index in [0.717, 1.165) is 5.01 Å². The fourth-order valence-corrected chi connectivity index (χ4v) is 2.28. The summed E-state index contributed by atoms with van der Waals surface area (Å²) in [6.07, 6.45) is -0.914. The molecule has 1 amide bonds. The molecule has 0 fully saturated rings. The van der Waals surface area contributed by atoms with E-state index in [2.05, 4.69) is 5.10 Å². The molecule has 0 bridgehead atoms. The molecule has 24 heavy (non-hydrogen) atoms. The van der Waals surface area contributed by atoms with Crippen LogP contribution in [0.1, 0.15) is 24.3 Å². The molecule has 1 heterocycles. The third kappa shape index (κ3) is 2.94. The molecule has 0 saturated carbocycles. The summed E-state index contributed by atoms with van der Waals surface area (Å²) in [6.45, 7) is 1.31. The molecular weight excluding hydrogens is 317 g/mol. The lowest BCUT2D eigenvalue weighted by atomic mass is 10.1. The second-order valence-corrected chi connectivity index (χ2v) is 5.10. The Morgan fingerprint density at radius 2 is 2.00 bits per heavy atom. The van der Waals surface area contributed by atoms with E-state index >= 15 is 0 Å². The van der Waals surface area contributed by atoms with Crippen molar-refractivity contribution in [1.29, 1.82) is 0 Å². The molecule has 3 rings (SSSR count). The molecule has 0 radical (unpaired) electrons. The number of nitrogens with zero attached hydrogens (tertiary/aromatic N) is 3. The van der Waals surface area contributed by atoms with Gasteiger partial charge in [-0.1, -0.05) is 12.1 Å². The van der Waals surface area contributed by atoms with E-state index in [1.807, 2.05) is 0 Å². The van der Waals surface area contributed by atoms with Crippen molar-refractivity contribution in [3.63, 3.8) is 0 Å².